The lowest BCUT2D eigenvalue weighted by Crippen LogP contribution is -2.05. The van der Waals surface area contributed by atoms with Gasteiger partial charge in [-0.2, -0.15) is 0 Å². The Morgan fingerprint density at radius 1 is 1.17 bits per heavy atom. The second-order valence-corrected chi connectivity index (χ2v) is 6.02. The molecule has 7 heteroatoms. The molecule has 0 aliphatic heterocycles. The van der Waals surface area contributed by atoms with Crippen LogP contribution in [0, 0.1) is 17.7 Å². The molecule has 146 valence electrons. The number of anilines is 1. The summed E-state index contributed by atoms with van der Waals surface area (Å²) in [4.78, 5) is 24.5. The van der Waals surface area contributed by atoms with Crippen molar-refractivity contribution in [2.45, 2.75) is 13.3 Å². The van der Waals surface area contributed by atoms with Crippen LogP contribution in [0.15, 0.2) is 42.9 Å². The lowest BCUT2D eigenvalue weighted by atomic mass is 10.0. The second kappa shape index (κ2) is 8.93. The molecule has 29 heavy (non-hydrogen) atoms. The van der Waals surface area contributed by atoms with Gasteiger partial charge in [0.05, 0.1) is 29.6 Å². The molecular formula is C22H19FN4O2. The molecule has 0 saturated heterocycles. The molecule has 1 N–H and O–H groups in total. The Kier molecular flexibility index (Phi) is 6.15. The minimum atomic E-state index is -0.733. The van der Waals surface area contributed by atoms with Crippen molar-refractivity contribution in [1.82, 2.24) is 15.0 Å². The molecule has 3 rings (SSSR count). The third kappa shape index (κ3) is 4.38. The number of methoxy groups -OCH3 is 1. The first-order valence-electron chi connectivity index (χ1n) is 8.95. The van der Waals surface area contributed by atoms with E-state index in [2.05, 4.69) is 36.8 Å². The Balaban J connectivity index is 2.06. The van der Waals surface area contributed by atoms with Crippen LogP contribution in [0.2, 0.25) is 0 Å². The predicted octanol–water partition coefficient (Wildman–Crippen LogP) is 3.47. The first-order valence-corrected chi connectivity index (χ1v) is 8.95. The maximum Gasteiger partial charge on any atom is 0.340 e. The van der Waals surface area contributed by atoms with Gasteiger partial charge >= 0.3 is 5.97 Å². The van der Waals surface area contributed by atoms with E-state index in [-0.39, 0.29) is 5.56 Å². The number of aromatic nitrogens is 3. The zero-order valence-electron chi connectivity index (χ0n) is 16.3. The average molecular weight is 390 g/mol. The van der Waals surface area contributed by atoms with Gasteiger partial charge in [0, 0.05) is 24.4 Å². The fourth-order valence-corrected chi connectivity index (χ4v) is 2.73. The van der Waals surface area contributed by atoms with Gasteiger partial charge in [-0.1, -0.05) is 24.8 Å². The van der Waals surface area contributed by atoms with E-state index < -0.39 is 11.8 Å². The van der Waals surface area contributed by atoms with Crippen LogP contribution >= 0.6 is 0 Å². The molecule has 0 radical (unpaired) electrons. The Morgan fingerprint density at radius 3 is 2.62 bits per heavy atom. The number of nitrogens with one attached hydrogen (secondary N) is 1. The van der Waals surface area contributed by atoms with E-state index in [4.69, 9.17) is 0 Å². The van der Waals surface area contributed by atoms with E-state index in [0.717, 1.165) is 17.1 Å². The third-order valence-corrected chi connectivity index (χ3v) is 4.26. The van der Waals surface area contributed by atoms with E-state index in [1.54, 1.807) is 19.3 Å². The van der Waals surface area contributed by atoms with Gasteiger partial charge in [0.25, 0.3) is 0 Å². The summed E-state index contributed by atoms with van der Waals surface area (Å²) in [6, 6.07) is 7.93. The monoisotopic (exact) mass is 390 g/mol. The molecule has 0 aliphatic rings. The van der Waals surface area contributed by atoms with Gasteiger partial charge in [-0.05, 0) is 30.7 Å². The normalized spacial score (nSPS) is 10.1. The number of aryl methyl sites for hydroxylation is 1. The van der Waals surface area contributed by atoms with Crippen LogP contribution < -0.4 is 5.32 Å². The number of ether oxygens (including phenoxy) is 1. The zero-order valence-corrected chi connectivity index (χ0v) is 16.3. The molecule has 0 saturated carbocycles. The zero-order chi connectivity index (χ0) is 20.8. The molecule has 3 aromatic rings. The number of carbonyl (C=O) groups excluding carboxylic acids is 1. The highest BCUT2D eigenvalue weighted by Gasteiger charge is 2.16. The molecule has 2 heterocycles. The first kappa shape index (κ1) is 20.0. The molecule has 0 aliphatic carbocycles. The van der Waals surface area contributed by atoms with Crippen LogP contribution in [0.5, 0.6) is 0 Å². The number of pyridine rings is 1. The molecule has 0 atom stereocenters. The van der Waals surface area contributed by atoms with Crippen molar-refractivity contribution in [3.63, 3.8) is 0 Å². The van der Waals surface area contributed by atoms with E-state index in [9.17, 15) is 9.18 Å². The molecular weight excluding hydrogens is 371 g/mol. The Labute approximate surface area is 168 Å². The largest absolute Gasteiger partial charge is 0.465 e. The van der Waals surface area contributed by atoms with Gasteiger partial charge < -0.3 is 10.1 Å². The van der Waals surface area contributed by atoms with E-state index in [1.807, 2.05) is 19.1 Å². The van der Waals surface area contributed by atoms with Crippen molar-refractivity contribution in [3.05, 3.63) is 71.1 Å². The van der Waals surface area contributed by atoms with Gasteiger partial charge in [-0.3, -0.25) is 0 Å². The van der Waals surface area contributed by atoms with Crippen molar-refractivity contribution in [2.24, 2.45) is 0 Å². The Hall–Kier alpha value is -3.79. The van der Waals surface area contributed by atoms with Crippen LogP contribution in [-0.4, -0.2) is 35.1 Å². The third-order valence-electron chi connectivity index (χ3n) is 4.26. The molecule has 2 aromatic heterocycles. The average Bonchev–Trinajstić information content (AvgIpc) is 2.77. The summed E-state index contributed by atoms with van der Waals surface area (Å²) in [5, 5.41) is 2.95. The fourth-order valence-electron chi connectivity index (χ4n) is 2.73. The van der Waals surface area contributed by atoms with E-state index >= 15 is 0 Å². The summed E-state index contributed by atoms with van der Waals surface area (Å²) in [6.45, 7) is 1.96. The maximum absolute atomic E-state index is 14.4. The number of carbonyl (C=O) groups is 1. The fraction of sp³-hybridized carbons (Fsp3) is 0.182. The number of benzene rings is 1. The van der Waals surface area contributed by atoms with Crippen molar-refractivity contribution >= 4 is 11.8 Å². The quantitative estimate of drug-likeness (QED) is 0.543. The van der Waals surface area contributed by atoms with Gasteiger partial charge in [0.15, 0.2) is 0 Å². The van der Waals surface area contributed by atoms with Crippen LogP contribution in [0.25, 0.3) is 11.3 Å². The molecule has 0 unspecified atom stereocenters. The van der Waals surface area contributed by atoms with Crippen LogP contribution in [0.1, 0.15) is 34.1 Å². The highest BCUT2D eigenvalue weighted by atomic mass is 19.1. The summed E-state index contributed by atoms with van der Waals surface area (Å²) >= 11 is 0. The molecule has 0 spiro atoms. The van der Waals surface area contributed by atoms with Gasteiger partial charge in [0.1, 0.15) is 18.0 Å². The summed E-state index contributed by atoms with van der Waals surface area (Å²) < 4.78 is 19.0. The number of hydrogen-bond acceptors (Lipinski definition) is 6. The number of halogens is 1. The Bertz CT molecular complexity index is 1100. The Morgan fingerprint density at radius 2 is 2.00 bits per heavy atom. The molecule has 0 amide bonds. The van der Waals surface area contributed by atoms with Gasteiger partial charge in [0.2, 0.25) is 0 Å². The SMILES string of the molecule is CCc1ncnc(-c2ccc(C(=O)OC)c(F)c2)c1C#Cc1ccc(NC)nc1. The van der Waals surface area contributed by atoms with Crippen LogP contribution in [0.4, 0.5) is 10.2 Å². The molecule has 0 bridgehead atoms. The topological polar surface area (TPSA) is 77.0 Å². The summed E-state index contributed by atoms with van der Waals surface area (Å²) in [7, 11) is 3.00. The van der Waals surface area contributed by atoms with E-state index in [0.29, 0.717) is 23.2 Å². The number of hydrogen-bond donors (Lipinski definition) is 1. The highest BCUT2D eigenvalue weighted by molar-refractivity contribution is 5.90. The summed E-state index contributed by atoms with van der Waals surface area (Å²) in [6.07, 6.45) is 3.73. The number of rotatable bonds is 4. The van der Waals surface area contributed by atoms with Crippen LogP contribution in [0.3, 0.4) is 0 Å². The molecule has 1 aromatic carbocycles. The lowest BCUT2D eigenvalue weighted by molar-refractivity contribution is 0.0595. The lowest BCUT2D eigenvalue weighted by Gasteiger charge is -2.09. The number of esters is 1. The standard InChI is InChI=1S/C22H19FN4O2/c1-4-19-17(8-5-14-6-10-20(24-2)25-12-14)21(27-13-26-19)15-7-9-16(18(23)11-15)22(28)29-3/h6-7,9-13H,4H2,1-3H3,(H,24,25). The maximum atomic E-state index is 14.4. The van der Waals surface area contributed by atoms with Crippen molar-refractivity contribution in [3.8, 4) is 23.1 Å². The van der Waals surface area contributed by atoms with Gasteiger partial charge in [-0.15, -0.1) is 0 Å². The van der Waals surface area contributed by atoms with Crippen LogP contribution in [-0.2, 0) is 11.2 Å². The molecule has 0 fully saturated rings. The summed E-state index contributed by atoms with van der Waals surface area (Å²) in [5.74, 6) is 5.49. The minimum absolute atomic E-state index is 0.135. The minimum Gasteiger partial charge on any atom is -0.465 e. The van der Waals surface area contributed by atoms with E-state index in [1.165, 1.54) is 25.6 Å². The smallest absolute Gasteiger partial charge is 0.340 e. The number of nitrogens with zero attached hydrogens (tertiary/aromatic N) is 3. The van der Waals surface area contributed by atoms with Crippen molar-refractivity contribution in [2.75, 3.05) is 19.5 Å². The first-order chi connectivity index (χ1) is 14.1. The molecule has 6 nitrogen and oxygen atoms in total. The highest BCUT2D eigenvalue weighted by Crippen LogP contribution is 2.25. The summed E-state index contributed by atoms with van der Waals surface area (Å²) in [5.41, 5.74) is 2.95. The van der Waals surface area contributed by atoms with Gasteiger partial charge in [-0.25, -0.2) is 24.1 Å². The predicted molar refractivity (Wildman–Crippen MR) is 108 cm³/mol. The second-order valence-electron chi connectivity index (χ2n) is 6.02. The van der Waals surface area contributed by atoms with Crippen molar-refractivity contribution < 1.29 is 13.9 Å². The van der Waals surface area contributed by atoms with Crippen molar-refractivity contribution in [1.29, 1.82) is 0 Å².